The van der Waals surface area contributed by atoms with Crippen LogP contribution in [0.1, 0.15) is 33.6 Å². The maximum absolute atomic E-state index is 13.9. The minimum absolute atomic E-state index is 0.0214. The molecule has 2 aromatic rings. The zero-order chi connectivity index (χ0) is 17.5. The molecule has 0 unspecified atom stereocenters. The summed E-state index contributed by atoms with van der Waals surface area (Å²) in [5, 5.41) is 8.89. The predicted octanol–water partition coefficient (Wildman–Crippen LogP) is 2.80. The minimum Gasteiger partial charge on any atom is -0.475 e. The molecule has 0 aliphatic rings. The van der Waals surface area contributed by atoms with E-state index < -0.39 is 17.7 Å². The first-order chi connectivity index (χ1) is 11.5. The number of ether oxygens (including phenoxy) is 1. The molecule has 0 fully saturated rings. The van der Waals surface area contributed by atoms with Crippen molar-refractivity contribution in [2.75, 3.05) is 19.8 Å². The number of carboxylic acids is 1. The Hall–Kier alpha value is -2.67. The van der Waals surface area contributed by atoms with E-state index in [1.165, 1.54) is 35.2 Å². The molecule has 7 heteroatoms. The molecule has 24 heavy (non-hydrogen) atoms. The van der Waals surface area contributed by atoms with E-state index in [1.807, 2.05) is 6.92 Å². The summed E-state index contributed by atoms with van der Waals surface area (Å²) in [6.07, 6.45) is 0. The molecule has 0 atom stereocenters. The number of hydrogen-bond acceptors (Lipinski definition) is 4. The summed E-state index contributed by atoms with van der Waals surface area (Å²) in [5.74, 6) is -2.24. The molecule has 1 aromatic heterocycles. The lowest BCUT2D eigenvalue weighted by atomic mass is 10.2. The normalized spacial score (nSPS) is 10.6. The molecule has 0 aliphatic heterocycles. The highest BCUT2D eigenvalue weighted by atomic mass is 19.1. The number of carbonyl (C=O) groups is 2. The Morgan fingerprint density at radius 1 is 1.25 bits per heavy atom. The van der Waals surface area contributed by atoms with Gasteiger partial charge in [-0.15, -0.1) is 0 Å². The van der Waals surface area contributed by atoms with Gasteiger partial charge >= 0.3 is 5.97 Å². The summed E-state index contributed by atoms with van der Waals surface area (Å²) in [5.41, 5.74) is -0.0565. The molecule has 128 valence electrons. The number of hydrogen-bond donors (Lipinski definition) is 1. The van der Waals surface area contributed by atoms with E-state index in [4.69, 9.17) is 14.3 Å². The topological polar surface area (TPSA) is 80.0 Å². The van der Waals surface area contributed by atoms with E-state index in [0.29, 0.717) is 12.4 Å². The Morgan fingerprint density at radius 3 is 2.62 bits per heavy atom. The summed E-state index contributed by atoms with van der Waals surface area (Å²) >= 11 is 0. The van der Waals surface area contributed by atoms with Crippen molar-refractivity contribution >= 4 is 11.9 Å². The second kappa shape index (κ2) is 8.26. The number of nitrogens with zero attached hydrogens (tertiary/aromatic N) is 1. The molecule has 0 spiro atoms. The summed E-state index contributed by atoms with van der Waals surface area (Å²) in [6.45, 7) is 2.85. The fraction of sp³-hybridized carbons (Fsp3) is 0.294. The van der Waals surface area contributed by atoms with Crippen LogP contribution in [0.2, 0.25) is 0 Å². The van der Waals surface area contributed by atoms with E-state index in [2.05, 4.69) is 0 Å². The monoisotopic (exact) mass is 335 g/mol. The van der Waals surface area contributed by atoms with E-state index in [1.54, 1.807) is 6.07 Å². The Balaban J connectivity index is 2.18. The average Bonchev–Trinajstić information content (AvgIpc) is 3.03. The second-order valence-electron chi connectivity index (χ2n) is 4.97. The average molecular weight is 335 g/mol. The van der Waals surface area contributed by atoms with Gasteiger partial charge in [-0.1, -0.05) is 12.1 Å². The number of amides is 1. The third-order valence-electron chi connectivity index (χ3n) is 3.32. The molecule has 1 amide bonds. The van der Waals surface area contributed by atoms with Crippen LogP contribution in [0.4, 0.5) is 4.39 Å². The van der Waals surface area contributed by atoms with Crippen molar-refractivity contribution in [1.82, 2.24) is 4.90 Å². The fourth-order valence-corrected chi connectivity index (χ4v) is 2.14. The molecule has 1 N–H and O–H groups in total. The van der Waals surface area contributed by atoms with Crippen molar-refractivity contribution in [2.45, 2.75) is 13.5 Å². The van der Waals surface area contributed by atoms with Crippen molar-refractivity contribution in [3.05, 3.63) is 59.3 Å². The van der Waals surface area contributed by atoms with E-state index in [9.17, 15) is 14.0 Å². The number of aromatic carboxylic acids is 1. The van der Waals surface area contributed by atoms with Gasteiger partial charge in [0.05, 0.1) is 18.7 Å². The van der Waals surface area contributed by atoms with Crippen LogP contribution in [0.5, 0.6) is 0 Å². The van der Waals surface area contributed by atoms with E-state index >= 15 is 0 Å². The fourth-order valence-electron chi connectivity index (χ4n) is 2.14. The largest absolute Gasteiger partial charge is 0.475 e. The highest BCUT2D eigenvalue weighted by Crippen LogP contribution is 2.15. The van der Waals surface area contributed by atoms with Crippen molar-refractivity contribution in [2.24, 2.45) is 0 Å². The minimum atomic E-state index is -1.19. The summed E-state index contributed by atoms with van der Waals surface area (Å²) < 4.78 is 24.3. The molecule has 1 heterocycles. The molecule has 6 nitrogen and oxygen atoms in total. The second-order valence-corrected chi connectivity index (χ2v) is 4.97. The van der Waals surface area contributed by atoms with Crippen LogP contribution in [0, 0.1) is 5.82 Å². The van der Waals surface area contributed by atoms with Crippen LogP contribution in [0.15, 0.2) is 40.8 Å². The molecule has 0 saturated heterocycles. The van der Waals surface area contributed by atoms with Gasteiger partial charge in [0.1, 0.15) is 11.6 Å². The highest BCUT2D eigenvalue weighted by Gasteiger charge is 2.21. The van der Waals surface area contributed by atoms with Crippen LogP contribution in [0.25, 0.3) is 0 Å². The maximum Gasteiger partial charge on any atom is 0.371 e. The molecule has 0 radical (unpaired) electrons. The molecule has 1 aromatic carbocycles. The van der Waals surface area contributed by atoms with E-state index in [-0.39, 0.29) is 31.0 Å². The lowest BCUT2D eigenvalue weighted by Crippen LogP contribution is -2.34. The standard InChI is InChI=1S/C17H18FNO5/c1-2-23-10-9-19(11-12-7-8-15(24-12)17(21)22)16(20)13-5-3-4-6-14(13)18/h3-8H,2,9-11H2,1H3,(H,21,22). The van der Waals surface area contributed by atoms with Crippen molar-refractivity contribution < 1.29 is 28.2 Å². The maximum atomic E-state index is 13.9. The molecule has 0 saturated carbocycles. The molecule has 2 rings (SSSR count). The van der Waals surface area contributed by atoms with Gasteiger partial charge in [0.2, 0.25) is 5.76 Å². The van der Waals surface area contributed by atoms with Gasteiger partial charge < -0.3 is 19.2 Å². The quantitative estimate of drug-likeness (QED) is 0.750. The van der Waals surface area contributed by atoms with E-state index in [0.717, 1.165) is 0 Å². The van der Waals surface area contributed by atoms with Crippen molar-refractivity contribution in [3.63, 3.8) is 0 Å². The number of carboxylic acid groups (broad SMARTS) is 1. The lowest BCUT2D eigenvalue weighted by Gasteiger charge is -2.22. The zero-order valence-electron chi connectivity index (χ0n) is 13.2. The van der Waals surface area contributed by atoms with Gasteiger partial charge in [-0.25, -0.2) is 9.18 Å². The van der Waals surface area contributed by atoms with Gasteiger partial charge in [0.15, 0.2) is 0 Å². The zero-order valence-corrected chi connectivity index (χ0v) is 13.2. The smallest absolute Gasteiger partial charge is 0.371 e. The first-order valence-electron chi connectivity index (χ1n) is 7.46. The van der Waals surface area contributed by atoms with Crippen LogP contribution in [-0.2, 0) is 11.3 Å². The number of furan rings is 1. The third kappa shape index (κ3) is 4.42. The first kappa shape index (κ1) is 17.7. The van der Waals surface area contributed by atoms with Gasteiger partial charge in [-0.2, -0.15) is 0 Å². The SMILES string of the molecule is CCOCCN(Cc1ccc(C(=O)O)o1)C(=O)c1ccccc1F. The van der Waals surface area contributed by atoms with Gasteiger partial charge in [-0.3, -0.25) is 4.79 Å². The molecular formula is C17H18FNO5. The van der Waals surface area contributed by atoms with Crippen molar-refractivity contribution in [3.8, 4) is 0 Å². The summed E-state index contributed by atoms with van der Waals surface area (Å²) in [7, 11) is 0. The Labute approximate surface area is 138 Å². The Kier molecular flexibility index (Phi) is 6.08. The number of halogens is 1. The lowest BCUT2D eigenvalue weighted by molar-refractivity contribution is 0.0613. The first-order valence-corrected chi connectivity index (χ1v) is 7.46. The Morgan fingerprint density at radius 2 is 2.00 bits per heavy atom. The number of rotatable bonds is 8. The third-order valence-corrected chi connectivity index (χ3v) is 3.32. The van der Waals surface area contributed by atoms with Crippen LogP contribution < -0.4 is 0 Å². The highest BCUT2D eigenvalue weighted by molar-refractivity contribution is 5.94. The predicted molar refractivity (Wildman–Crippen MR) is 83.3 cm³/mol. The Bertz CT molecular complexity index is 713. The number of carbonyl (C=O) groups excluding carboxylic acids is 1. The summed E-state index contributed by atoms with van der Waals surface area (Å²) in [6, 6.07) is 8.48. The number of benzene rings is 1. The molecule has 0 bridgehead atoms. The van der Waals surface area contributed by atoms with Crippen LogP contribution >= 0.6 is 0 Å². The molecule has 0 aliphatic carbocycles. The van der Waals surface area contributed by atoms with Gasteiger partial charge in [-0.05, 0) is 31.2 Å². The van der Waals surface area contributed by atoms with Gasteiger partial charge in [0.25, 0.3) is 5.91 Å². The van der Waals surface area contributed by atoms with Crippen LogP contribution in [0.3, 0.4) is 0 Å². The molecular weight excluding hydrogens is 317 g/mol. The van der Waals surface area contributed by atoms with Gasteiger partial charge in [0, 0.05) is 13.2 Å². The van der Waals surface area contributed by atoms with Crippen LogP contribution in [-0.4, -0.2) is 41.6 Å². The summed E-state index contributed by atoms with van der Waals surface area (Å²) in [4.78, 5) is 24.8. The van der Waals surface area contributed by atoms with Crippen molar-refractivity contribution in [1.29, 1.82) is 0 Å².